The molecule has 122 valence electrons. The van der Waals surface area contributed by atoms with Crippen LogP contribution in [-0.2, 0) is 0 Å². The molecule has 0 fully saturated rings. The Morgan fingerprint density at radius 1 is 0.650 bits per heavy atom. The van der Waals surface area contributed by atoms with Crippen molar-refractivity contribution in [3.8, 4) is 0 Å². The minimum atomic E-state index is -3.98. The number of rotatable bonds is 13. The lowest BCUT2D eigenvalue weighted by Crippen LogP contribution is -2.09. The lowest BCUT2D eigenvalue weighted by molar-refractivity contribution is -0.136. The second-order valence-electron chi connectivity index (χ2n) is 6.07. The third kappa shape index (κ3) is 14.2. The fraction of sp³-hybridized carbons (Fsp3) is 1.00. The third-order valence-corrected chi connectivity index (χ3v) is 4.00. The van der Waals surface area contributed by atoms with Crippen molar-refractivity contribution in [2.75, 3.05) is 0 Å². The van der Waals surface area contributed by atoms with Crippen molar-refractivity contribution in [1.82, 2.24) is 0 Å². The smallest absolute Gasteiger partial charge is 0.171 e. The van der Waals surface area contributed by atoms with Gasteiger partial charge in [0.05, 0.1) is 0 Å². The zero-order valence-electron chi connectivity index (χ0n) is 13.4. The number of hydrogen-bond acceptors (Lipinski definition) is 0. The van der Waals surface area contributed by atoms with Gasteiger partial charge in [0.2, 0.25) is 0 Å². The van der Waals surface area contributed by atoms with Crippen molar-refractivity contribution >= 4 is 0 Å². The van der Waals surface area contributed by atoms with Gasteiger partial charge in [-0.25, -0.2) is 0 Å². The Hall–Kier alpha value is -0.210. The number of alkyl halides is 3. The van der Waals surface area contributed by atoms with Crippen LogP contribution >= 0.6 is 0 Å². The molecule has 0 heterocycles. The maximum atomic E-state index is 12.2. The van der Waals surface area contributed by atoms with Gasteiger partial charge >= 0.3 is 6.18 Å². The van der Waals surface area contributed by atoms with Gasteiger partial charge in [0.1, 0.15) is 0 Å². The molecule has 0 nitrogen and oxygen atoms in total. The van der Waals surface area contributed by atoms with Gasteiger partial charge in [-0.3, -0.25) is 0 Å². The van der Waals surface area contributed by atoms with Crippen LogP contribution in [0.4, 0.5) is 13.2 Å². The van der Waals surface area contributed by atoms with E-state index in [4.69, 9.17) is 0 Å². The standard InChI is InChI=1S/C17H33F3/c1-3-5-7-9-12-16(13-10-8-6-4-2)14-11-15-17(18,19)20/h16H,3-15H2,1-2H3. The highest BCUT2D eigenvalue weighted by atomic mass is 19.4. The minimum Gasteiger partial charge on any atom is -0.171 e. The van der Waals surface area contributed by atoms with E-state index in [9.17, 15) is 13.2 Å². The van der Waals surface area contributed by atoms with Crippen LogP contribution in [-0.4, -0.2) is 6.18 Å². The average molecular weight is 294 g/mol. The van der Waals surface area contributed by atoms with E-state index in [0.29, 0.717) is 12.3 Å². The molecule has 0 aromatic rings. The van der Waals surface area contributed by atoms with Crippen LogP contribution in [0.3, 0.4) is 0 Å². The summed E-state index contributed by atoms with van der Waals surface area (Å²) in [4.78, 5) is 0. The zero-order valence-corrected chi connectivity index (χ0v) is 13.4. The molecule has 0 unspecified atom stereocenters. The Bertz CT molecular complexity index is 187. The fourth-order valence-electron chi connectivity index (χ4n) is 2.74. The van der Waals surface area contributed by atoms with Crippen molar-refractivity contribution in [3.63, 3.8) is 0 Å². The lowest BCUT2D eigenvalue weighted by atomic mass is 9.90. The van der Waals surface area contributed by atoms with Crippen molar-refractivity contribution in [1.29, 1.82) is 0 Å². The Kier molecular flexibility index (Phi) is 12.4. The lowest BCUT2D eigenvalue weighted by Gasteiger charge is -2.17. The van der Waals surface area contributed by atoms with Gasteiger partial charge in [-0.15, -0.1) is 0 Å². The first-order chi connectivity index (χ1) is 9.49. The molecular weight excluding hydrogens is 261 g/mol. The van der Waals surface area contributed by atoms with Gasteiger partial charge in [0.25, 0.3) is 0 Å². The van der Waals surface area contributed by atoms with E-state index in [1.54, 1.807) is 0 Å². The molecule has 20 heavy (non-hydrogen) atoms. The second-order valence-corrected chi connectivity index (χ2v) is 6.07. The molecule has 0 bridgehead atoms. The molecule has 0 saturated heterocycles. The average Bonchev–Trinajstić information content (AvgIpc) is 2.37. The second kappa shape index (κ2) is 12.5. The molecule has 0 amide bonds. The zero-order chi connectivity index (χ0) is 15.3. The first kappa shape index (κ1) is 19.8. The van der Waals surface area contributed by atoms with Gasteiger partial charge in [-0.2, -0.15) is 13.2 Å². The summed E-state index contributed by atoms with van der Waals surface area (Å²) in [6, 6.07) is 0. The van der Waals surface area contributed by atoms with E-state index < -0.39 is 12.6 Å². The van der Waals surface area contributed by atoms with Gasteiger partial charge < -0.3 is 0 Å². The monoisotopic (exact) mass is 294 g/mol. The van der Waals surface area contributed by atoms with Crippen molar-refractivity contribution in [3.05, 3.63) is 0 Å². The summed E-state index contributed by atoms with van der Waals surface area (Å²) in [7, 11) is 0. The van der Waals surface area contributed by atoms with Crippen LogP contribution < -0.4 is 0 Å². The minimum absolute atomic E-state index is 0.315. The van der Waals surface area contributed by atoms with Crippen molar-refractivity contribution < 1.29 is 13.2 Å². The molecule has 0 N–H and O–H groups in total. The molecule has 0 spiro atoms. The number of halogens is 3. The summed E-state index contributed by atoms with van der Waals surface area (Å²) in [6.45, 7) is 4.37. The van der Waals surface area contributed by atoms with E-state index in [2.05, 4.69) is 13.8 Å². The first-order valence-electron chi connectivity index (χ1n) is 8.56. The quantitative estimate of drug-likeness (QED) is 0.313. The molecule has 0 aromatic carbocycles. The molecule has 3 heteroatoms. The van der Waals surface area contributed by atoms with Gasteiger partial charge in [-0.05, 0) is 12.3 Å². The highest BCUT2D eigenvalue weighted by molar-refractivity contribution is 4.63. The largest absolute Gasteiger partial charge is 0.389 e. The van der Waals surface area contributed by atoms with Gasteiger partial charge in [-0.1, -0.05) is 84.5 Å². The van der Waals surface area contributed by atoms with E-state index in [1.165, 1.54) is 51.4 Å². The van der Waals surface area contributed by atoms with Crippen molar-refractivity contribution in [2.24, 2.45) is 5.92 Å². The van der Waals surface area contributed by atoms with Crippen LogP contribution in [0, 0.1) is 5.92 Å². The molecule has 0 rings (SSSR count). The van der Waals surface area contributed by atoms with Crippen LogP contribution in [0.2, 0.25) is 0 Å². The van der Waals surface area contributed by atoms with E-state index >= 15 is 0 Å². The Labute approximate surface area is 123 Å². The van der Waals surface area contributed by atoms with Crippen LogP contribution in [0.15, 0.2) is 0 Å². The topological polar surface area (TPSA) is 0 Å². The molecule has 0 radical (unpaired) electrons. The van der Waals surface area contributed by atoms with Crippen LogP contribution in [0.25, 0.3) is 0 Å². The van der Waals surface area contributed by atoms with Gasteiger partial charge in [0.15, 0.2) is 0 Å². The maximum absolute atomic E-state index is 12.2. The molecular formula is C17H33F3. The molecule has 0 aromatic heterocycles. The predicted molar refractivity (Wildman–Crippen MR) is 80.9 cm³/mol. The number of hydrogen-bond donors (Lipinski definition) is 0. The molecule has 0 saturated carbocycles. The van der Waals surface area contributed by atoms with E-state index in [1.807, 2.05) is 0 Å². The summed E-state index contributed by atoms with van der Waals surface area (Å²) in [6.07, 6.45) is 8.56. The van der Waals surface area contributed by atoms with Crippen molar-refractivity contribution in [2.45, 2.75) is 103 Å². The summed E-state index contributed by atoms with van der Waals surface area (Å²) in [5.74, 6) is 0.520. The molecule has 0 aliphatic heterocycles. The fourth-order valence-corrected chi connectivity index (χ4v) is 2.74. The normalized spacial score (nSPS) is 12.3. The summed E-state index contributed by atoms with van der Waals surface area (Å²) < 4.78 is 36.6. The number of unbranched alkanes of at least 4 members (excludes halogenated alkanes) is 6. The van der Waals surface area contributed by atoms with Gasteiger partial charge in [0, 0.05) is 6.42 Å². The summed E-state index contributed by atoms with van der Waals surface area (Å²) in [5, 5.41) is 0. The Morgan fingerprint density at radius 3 is 1.50 bits per heavy atom. The summed E-state index contributed by atoms with van der Waals surface area (Å²) in [5.41, 5.74) is 0. The SMILES string of the molecule is CCCCCCC(CCCCCC)CCCC(F)(F)F. The molecule has 0 atom stereocenters. The Balaban J connectivity index is 3.84. The van der Waals surface area contributed by atoms with Crippen LogP contribution in [0.5, 0.6) is 0 Å². The summed E-state index contributed by atoms with van der Waals surface area (Å²) >= 11 is 0. The molecule has 0 aliphatic rings. The first-order valence-corrected chi connectivity index (χ1v) is 8.56. The maximum Gasteiger partial charge on any atom is 0.389 e. The highest BCUT2D eigenvalue weighted by Gasteiger charge is 2.26. The highest BCUT2D eigenvalue weighted by Crippen LogP contribution is 2.28. The van der Waals surface area contributed by atoms with E-state index in [0.717, 1.165) is 19.3 Å². The molecule has 0 aliphatic carbocycles. The van der Waals surface area contributed by atoms with E-state index in [-0.39, 0.29) is 0 Å². The Morgan fingerprint density at radius 2 is 1.10 bits per heavy atom. The van der Waals surface area contributed by atoms with Crippen LogP contribution in [0.1, 0.15) is 97.3 Å². The predicted octanol–water partition coefficient (Wildman–Crippen LogP) is 7.28. The third-order valence-electron chi connectivity index (χ3n) is 4.00.